The quantitative estimate of drug-likeness (QED) is 0.200. The van der Waals surface area contributed by atoms with Gasteiger partial charge in [-0.15, -0.1) is 0 Å². The van der Waals surface area contributed by atoms with E-state index in [0.717, 1.165) is 0 Å². The second-order valence-corrected chi connectivity index (χ2v) is 14.6. The molecule has 0 radical (unpaired) electrons. The Morgan fingerprint density at radius 2 is 0.889 bits per heavy atom. The Morgan fingerprint density at radius 1 is 0.422 bits per heavy atom. The van der Waals surface area contributed by atoms with E-state index in [1.54, 1.807) is 0 Å². The van der Waals surface area contributed by atoms with Crippen LogP contribution >= 0.6 is 0 Å². The summed E-state index contributed by atoms with van der Waals surface area (Å²) in [7, 11) is 0. The first-order valence-corrected chi connectivity index (χ1v) is 16.3. The van der Waals surface area contributed by atoms with E-state index >= 15 is 0 Å². The van der Waals surface area contributed by atoms with Gasteiger partial charge in [-0.2, -0.15) is 0 Å². The van der Waals surface area contributed by atoms with Gasteiger partial charge >= 0.3 is 0 Å². The molecule has 0 saturated heterocycles. The third-order valence-corrected chi connectivity index (χ3v) is 10.6. The van der Waals surface area contributed by atoms with Gasteiger partial charge in [0, 0.05) is 27.6 Å². The highest BCUT2D eigenvalue weighted by atomic mass is 15.1. The zero-order chi connectivity index (χ0) is 31.4. The lowest BCUT2D eigenvalue weighted by atomic mass is 9.81. The summed E-state index contributed by atoms with van der Waals surface area (Å²) in [5.41, 5.74) is 19.7. The number of nitrogens with zero attached hydrogens (tertiary/aromatic N) is 1. The second-order valence-electron chi connectivity index (χ2n) is 14.6. The molecule has 0 aromatic heterocycles. The van der Waals surface area contributed by atoms with Crippen molar-refractivity contribution < 1.29 is 0 Å². The van der Waals surface area contributed by atoms with Crippen molar-refractivity contribution in [3.05, 3.63) is 148 Å². The van der Waals surface area contributed by atoms with Gasteiger partial charge in [0.1, 0.15) is 0 Å². The molecule has 0 N–H and O–H groups in total. The lowest BCUT2D eigenvalue weighted by molar-refractivity contribution is 0.659. The highest BCUT2D eigenvalue weighted by Gasteiger charge is 2.41. The lowest BCUT2D eigenvalue weighted by Gasteiger charge is -2.32. The molecule has 0 unspecified atom stereocenters. The van der Waals surface area contributed by atoms with Crippen LogP contribution in [0.5, 0.6) is 0 Å². The molecule has 2 aliphatic rings. The Morgan fingerprint density at radius 3 is 1.40 bits per heavy atom. The van der Waals surface area contributed by atoms with Crippen LogP contribution < -0.4 is 4.90 Å². The average molecular weight is 584 g/mol. The molecule has 0 saturated carbocycles. The van der Waals surface area contributed by atoms with Crippen molar-refractivity contribution in [2.45, 2.75) is 66.2 Å². The molecule has 8 rings (SSSR count). The number of rotatable bonds is 3. The molecule has 1 heteroatoms. The van der Waals surface area contributed by atoms with Gasteiger partial charge in [-0.25, -0.2) is 0 Å². The third-order valence-electron chi connectivity index (χ3n) is 10.6. The Hall–Kier alpha value is -4.62. The van der Waals surface area contributed by atoms with Gasteiger partial charge in [-0.3, -0.25) is 0 Å². The maximum Gasteiger partial charge on any atom is 0.0546 e. The summed E-state index contributed by atoms with van der Waals surface area (Å²) in [5, 5.41) is 2.51. The molecule has 0 aliphatic heterocycles. The van der Waals surface area contributed by atoms with Gasteiger partial charge in [0.15, 0.2) is 0 Å². The largest absolute Gasteiger partial charge is 0.309 e. The summed E-state index contributed by atoms with van der Waals surface area (Å²) in [6.07, 6.45) is 0. The normalized spacial score (nSPS) is 15.0. The number of aryl methyl sites for hydroxylation is 4. The van der Waals surface area contributed by atoms with Crippen molar-refractivity contribution in [2.24, 2.45) is 0 Å². The van der Waals surface area contributed by atoms with Crippen molar-refractivity contribution >= 4 is 27.8 Å². The fourth-order valence-corrected chi connectivity index (χ4v) is 8.24. The monoisotopic (exact) mass is 583 g/mol. The molecule has 6 aromatic carbocycles. The standard InChI is InChI=1S/C44H41N/c1-26-13-17-33-35(19-26)43(5,6)37-21-28(3)23-39(41(33)37)45(32-16-15-30-11-9-10-12-31(30)25-32)40-24-29(4)22-38-42(40)34-18-14-27(2)20-36(34)44(38,7)8/h9-25H,1-8H3. The molecule has 6 aromatic rings. The van der Waals surface area contributed by atoms with E-state index < -0.39 is 0 Å². The predicted molar refractivity (Wildman–Crippen MR) is 193 cm³/mol. The van der Waals surface area contributed by atoms with Gasteiger partial charge < -0.3 is 4.90 Å². The van der Waals surface area contributed by atoms with Crippen LogP contribution in [-0.4, -0.2) is 0 Å². The predicted octanol–water partition coefficient (Wildman–Crippen LogP) is 12.2. The molecule has 222 valence electrons. The second kappa shape index (κ2) is 9.44. The highest BCUT2D eigenvalue weighted by Crippen LogP contribution is 2.58. The Kier molecular flexibility index (Phi) is 5.85. The summed E-state index contributed by atoms with van der Waals surface area (Å²) in [6, 6.07) is 39.5. The van der Waals surface area contributed by atoms with Crippen molar-refractivity contribution in [2.75, 3.05) is 4.90 Å². The first-order valence-electron chi connectivity index (χ1n) is 16.3. The van der Waals surface area contributed by atoms with Crippen LogP contribution in [0.25, 0.3) is 33.0 Å². The molecular weight excluding hydrogens is 542 g/mol. The molecule has 1 nitrogen and oxygen atoms in total. The molecular formula is C44H41N. The topological polar surface area (TPSA) is 3.24 Å². The Labute approximate surface area is 268 Å². The van der Waals surface area contributed by atoms with Crippen LogP contribution in [0, 0.1) is 27.7 Å². The fraction of sp³-hybridized carbons (Fsp3) is 0.227. The summed E-state index contributed by atoms with van der Waals surface area (Å²) in [4.78, 5) is 2.58. The molecule has 0 spiro atoms. The fourth-order valence-electron chi connectivity index (χ4n) is 8.24. The van der Waals surface area contributed by atoms with Crippen molar-refractivity contribution in [3.63, 3.8) is 0 Å². The first-order chi connectivity index (χ1) is 21.4. The zero-order valence-electron chi connectivity index (χ0n) is 27.8. The van der Waals surface area contributed by atoms with Crippen LogP contribution in [-0.2, 0) is 10.8 Å². The van der Waals surface area contributed by atoms with Crippen LogP contribution in [0.15, 0.2) is 103 Å². The van der Waals surface area contributed by atoms with Crippen LogP contribution in [0.1, 0.15) is 72.2 Å². The van der Waals surface area contributed by atoms with Gasteiger partial charge in [-0.1, -0.05) is 118 Å². The Balaban J connectivity index is 1.51. The van der Waals surface area contributed by atoms with Crippen molar-refractivity contribution in [1.82, 2.24) is 0 Å². The molecule has 0 amide bonds. The summed E-state index contributed by atoms with van der Waals surface area (Å²) in [6.45, 7) is 18.5. The zero-order valence-corrected chi connectivity index (χ0v) is 27.8. The molecule has 0 heterocycles. The van der Waals surface area contributed by atoms with Gasteiger partial charge in [-0.05, 0) is 107 Å². The molecule has 0 fully saturated rings. The van der Waals surface area contributed by atoms with Crippen LogP contribution in [0.3, 0.4) is 0 Å². The lowest BCUT2D eigenvalue weighted by Crippen LogP contribution is -2.18. The molecule has 0 atom stereocenters. The maximum absolute atomic E-state index is 2.58. The van der Waals surface area contributed by atoms with E-state index in [1.807, 2.05) is 0 Å². The SMILES string of the molecule is Cc1ccc2c(c1)C(C)(C)c1cc(C)cc(N(c3ccc4ccccc4c3)c3cc(C)cc4c3-c3ccc(C)cc3C4(C)C)c1-2. The summed E-state index contributed by atoms with van der Waals surface area (Å²) in [5.74, 6) is 0. The van der Waals surface area contributed by atoms with Crippen molar-refractivity contribution in [1.29, 1.82) is 0 Å². The number of hydrogen-bond donors (Lipinski definition) is 0. The Bertz CT molecular complexity index is 2090. The minimum Gasteiger partial charge on any atom is -0.309 e. The van der Waals surface area contributed by atoms with Gasteiger partial charge in [0.25, 0.3) is 0 Å². The number of anilines is 3. The van der Waals surface area contributed by atoms with E-state index in [1.165, 1.54) is 94.6 Å². The summed E-state index contributed by atoms with van der Waals surface area (Å²) < 4.78 is 0. The maximum atomic E-state index is 2.58. The summed E-state index contributed by atoms with van der Waals surface area (Å²) >= 11 is 0. The molecule has 45 heavy (non-hydrogen) atoms. The minimum atomic E-state index is -0.0901. The third kappa shape index (κ3) is 3.99. The van der Waals surface area contributed by atoms with Crippen molar-refractivity contribution in [3.8, 4) is 22.3 Å². The minimum absolute atomic E-state index is 0.0901. The van der Waals surface area contributed by atoms with E-state index in [2.05, 4.69) is 163 Å². The van der Waals surface area contributed by atoms with Gasteiger partial charge in [0.05, 0.1) is 11.4 Å². The smallest absolute Gasteiger partial charge is 0.0546 e. The van der Waals surface area contributed by atoms with E-state index in [4.69, 9.17) is 0 Å². The van der Waals surface area contributed by atoms with Crippen LogP contribution in [0.2, 0.25) is 0 Å². The van der Waals surface area contributed by atoms with E-state index in [9.17, 15) is 0 Å². The van der Waals surface area contributed by atoms with E-state index in [-0.39, 0.29) is 10.8 Å². The van der Waals surface area contributed by atoms with Gasteiger partial charge in [0.2, 0.25) is 0 Å². The number of fused-ring (bicyclic) bond motifs is 7. The molecule has 2 aliphatic carbocycles. The number of hydrogen-bond acceptors (Lipinski definition) is 1. The highest BCUT2D eigenvalue weighted by molar-refractivity contribution is 6.02. The van der Waals surface area contributed by atoms with E-state index in [0.29, 0.717) is 0 Å². The number of benzene rings is 6. The first kappa shape index (κ1) is 27.9. The van der Waals surface area contributed by atoms with Crippen LogP contribution in [0.4, 0.5) is 17.1 Å². The molecule has 0 bridgehead atoms. The average Bonchev–Trinajstić information content (AvgIpc) is 3.36.